The van der Waals surface area contributed by atoms with E-state index in [4.69, 9.17) is 0 Å². The highest BCUT2D eigenvalue weighted by molar-refractivity contribution is 5.15. The predicted octanol–water partition coefficient (Wildman–Crippen LogP) is 2.44. The third-order valence-electron chi connectivity index (χ3n) is 2.18. The average molecular weight is 139 g/mol. The number of hydrogen-bond acceptors (Lipinski definition) is 1. The molecular weight excluding hydrogens is 122 g/mol. The van der Waals surface area contributed by atoms with E-state index in [1.165, 1.54) is 37.9 Å². The number of nitrogens with one attached hydrogen (secondary N) is 1. The fourth-order valence-corrected chi connectivity index (χ4v) is 1.42. The van der Waals surface area contributed by atoms with Crippen molar-refractivity contribution < 1.29 is 0 Å². The molecule has 0 aromatic heterocycles. The van der Waals surface area contributed by atoms with Crippen LogP contribution in [0.1, 0.15) is 39.5 Å². The minimum absolute atomic E-state index is 1.17. The van der Waals surface area contributed by atoms with E-state index in [1.54, 1.807) is 5.57 Å². The Hall–Kier alpha value is -0.460. The fraction of sp³-hybridized carbons (Fsp3) is 0.778. The fourth-order valence-electron chi connectivity index (χ4n) is 1.42. The quantitative estimate of drug-likeness (QED) is 0.633. The van der Waals surface area contributed by atoms with E-state index in [0.717, 1.165) is 0 Å². The van der Waals surface area contributed by atoms with Crippen LogP contribution < -0.4 is 5.32 Å². The Morgan fingerprint density at radius 2 is 2.30 bits per heavy atom. The summed E-state index contributed by atoms with van der Waals surface area (Å²) >= 11 is 0. The summed E-state index contributed by atoms with van der Waals surface area (Å²) in [5, 5.41) is 3.36. The van der Waals surface area contributed by atoms with Crippen molar-refractivity contribution in [3.63, 3.8) is 0 Å². The Bertz CT molecular complexity index is 136. The number of hydrogen-bond donors (Lipinski definition) is 1. The van der Waals surface area contributed by atoms with Crippen molar-refractivity contribution in [2.75, 3.05) is 6.54 Å². The molecule has 10 heavy (non-hydrogen) atoms. The third kappa shape index (κ3) is 1.76. The van der Waals surface area contributed by atoms with Gasteiger partial charge >= 0.3 is 0 Å². The van der Waals surface area contributed by atoms with Gasteiger partial charge in [0, 0.05) is 12.2 Å². The molecule has 1 heteroatoms. The lowest BCUT2D eigenvalue weighted by Gasteiger charge is -1.99. The summed E-state index contributed by atoms with van der Waals surface area (Å²) in [5.41, 5.74) is 3.09. The van der Waals surface area contributed by atoms with Crippen LogP contribution in [0.15, 0.2) is 11.3 Å². The van der Waals surface area contributed by atoms with Crippen LogP contribution in [0.5, 0.6) is 0 Å². The van der Waals surface area contributed by atoms with Crippen LogP contribution in [-0.4, -0.2) is 6.54 Å². The molecule has 1 aliphatic rings. The smallest absolute Gasteiger partial charge is 0.0181 e. The second kappa shape index (κ2) is 3.65. The Kier molecular flexibility index (Phi) is 2.79. The van der Waals surface area contributed by atoms with Crippen LogP contribution in [0.25, 0.3) is 0 Å². The molecule has 1 aliphatic heterocycles. The first-order chi connectivity index (χ1) is 4.84. The molecule has 0 spiro atoms. The maximum Gasteiger partial charge on any atom is 0.0181 e. The number of rotatable bonds is 3. The van der Waals surface area contributed by atoms with Crippen LogP contribution in [0.3, 0.4) is 0 Å². The Morgan fingerprint density at radius 3 is 2.80 bits per heavy atom. The van der Waals surface area contributed by atoms with Crippen molar-refractivity contribution in [2.45, 2.75) is 39.5 Å². The molecular formula is C9H17N. The lowest BCUT2D eigenvalue weighted by atomic mass is 10.1. The van der Waals surface area contributed by atoms with Crippen LogP contribution in [0.4, 0.5) is 0 Å². The van der Waals surface area contributed by atoms with Gasteiger partial charge in [-0.1, -0.05) is 13.3 Å². The number of unbranched alkanes of at least 4 members (excludes halogenated alkanes) is 1. The van der Waals surface area contributed by atoms with Crippen molar-refractivity contribution in [2.24, 2.45) is 0 Å². The SMILES string of the molecule is CCCCC1=C(C)NCC1. The highest BCUT2D eigenvalue weighted by Gasteiger charge is 2.07. The number of allylic oxidation sites excluding steroid dienone is 1. The molecule has 0 radical (unpaired) electrons. The topological polar surface area (TPSA) is 12.0 Å². The first-order valence-corrected chi connectivity index (χ1v) is 4.27. The van der Waals surface area contributed by atoms with Crippen molar-refractivity contribution in [3.05, 3.63) is 11.3 Å². The van der Waals surface area contributed by atoms with Gasteiger partial charge in [0.25, 0.3) is 0 Å². The first kappa shape index (κ1) is 7.64. The van der Waals surface area contributed by atoms with E-state index in [9.17, 15) is 0 Å². The molecule has 0 fully saturated rings. The van der Waals surface area contributed by atoms with Crippen molar-refractivity contribution >= 4 is 0 Å². The molecule has 1 heterocycles. The molecule has 0 unspecified atom stereocenters. The summed E-state index contributed by atoms with van der Waals surface area (Å²) in [6.07, 6.45) is 5.27. The van der Waals surface area contributed by atoms with Gasteiger partial charge in [0.1, 0.15) is 0 Å². The molecule has 0 aromatic carbocycles. The summed E-state index contributed by atoms with van der Waals surface area (Å²) in [4.78, 5) is 0. The Balaban J connectivity index is 2.31. The molecule has 0 saturated carbocycles. The van der Waals surface area contributed by atoms with Gasteiger partial charge in [-0.15, -0.1) is 0 Å². The molecule has 0 saturated heterocycles. The maximum atomic E-state index is 3.36. The summed E-state index contributed by atoms with van der Waals surface area (Å²) in [6.45, 7) is 5.61. The van der Waals surface area contributed by atoms with Crippen molar-refractivity contribution in [1.29, 1.82) is 0 Å². The zero-order valence-electron chi connectivity index (χ0n) is 7.04. The molecule has 0 amide bonds. The minimum atomic E-state index is 1.17. The van der Waals surface area contributed by atoms with Gasteiger partial charge < -0.3 is 5.32 Å². The molecule has 0 aromatic rings. The highest BCUT2D eigenvalue weighted by Crippen LogP contribution is 2.18. The van der Waals surface area contributed by atoms with E-state index in [0.29, 0.717) is 0 Å². The summed E-state index contributed by atoms with van der Waals surface area (Å²) < 4.78 is 0. The van der Waals surface area contributed by atoms with E-state index >= 15 is 0 Å². The average Bonchev–Trinajstić information content (AvgIpc) is 2.31. The molecule has 1 nitrogen and oxygen atoms in total. The largest absolute Gasteiger partial charge is 0.388 e. The second-order valence-corrected chi connectivity index (χ2v) is 3.01. The van der Waals surface area contributed by atoms with Crippen molar-refractivity contribution in [1.82, 2.24) is 5.32 Å². The Morgan fingerprint density at radius 1 is 1.50 bits per heavy atom. The standard InChI is InChI=1S/C9H17N/c1-3-4-5-9-6-7-10-8(9)2/h10H,3-7H2,1-2H3. The van der Waals surface area contributed by atoms with Crippen molar-refractivity contribution in [3.8, 4) is 0 Å². The van der Waals surface area contributed by atoms with Gasteiger partial charge in [-0.05, 0) is 31.8 Å². The Labute approximate surface area is 63.5 Å². The predicted molar refractivity (Wildman–Crippen MR) is 44.8 cm³/mol. The zero-order chi connectivity index (χ0) is 7.40. The van der Waals surface area contributed by atoms with E-state index < -0.39 is 0 Å². The molecule has 0 atom stereocenters. The first-order valence-electron chi connectivity index (χ1n) is 4.27. The van der Waals surface area contributed by atoms with Crippen LogP contribution in [-0.2, 0) is 0 Å². The zero-order valence-corrected chi connectivity index (χ0v) is 7.04. The van der Waals surface area contributed by atoms with Gasteiger partial charge in [-0.25, -0.2) is 0 Å². The molecule has 1 rings (SSSR count). The van der Waals surface area contributed by atoms with E-state index in [2.05, 4.69) is 19.2 Å². The van der Waals surface area contributed by atoms with E-state index in [-0.39, 0.29) is 0 Å². The second-order valence-electron chi connectivity index (χ2n) is 3.01. The molecule has 58 valence electrons. The van der Waals surface area contributed by atoms with Gasteiger partial charge in [0.2, 0.25) is 0 Å². The van der Waals surface area contributed by atoms with Gasteiger partial charge in [0.15, 0.2) is 0 Å². The molecule has 0 bridgehead atoms. The van der Waals surface area contributed by atoms with Gasteiger partial charge in [0.05, 0.1) is 0 Å². The summed E-state index contributed by atoms with van der Waals surface area (Å²) in [5.74, 6) is 0. The van der Waals surface area contributed by atoms with Gasteiger partial charge in [-0.3, -0.25) is 0 Å². The van der Waals surface area contributed by atoms with E-state index in [1.807, 2.05) is 0 Å². The lowest BCUT2D eigenvalue weighted by molar-refractivity contribution is 0.767. The lowest BCUT2D eigenvalue weighted by Crippen LogP contribution is -2.03. The summed E-state index contributed by atoms with van der Waals surface area (Å²) in [7, 11) is 0. The molecule has 0 aliphatic carbocycles. The maximum absolute atomic E-state index is 3.36. The monoisotopic (exact) mass is 139 g/mol. The third-order valence-corrected chi connectivity index (χ3v) is 2.18. The molecule has 1 N–H and O–H groups in total. The van der Waals surface area contributed by atoms with Gasteiger partial charge in [-0.2, -0.15) is 0 Å². The van der Waals surface area contributed by atoms with Crippen LogP contribution in [0.2, 0.25) is 0 Å². The highest BCUT2D eigenvalue weighted by atomic mass is 14.9. The van der Waals surface area contributed by atoms with Crippen LogP contribution >= 0.6 is 0 Å². The minimum Gasteiger partial charge on any atom is -0.388 e. The summed E-state index contributed by atoms with van der Waals surface area (Å²) in [6, 6.07) is 0. The normalized spacial score (nSPS) is 17.8. The van der Waals surface area contributed by atoms with Crippen LogP contribution in [0, 0.1) is 0 Å².